The Morgan fingerprint density at radius 1 is 1.00 bits per heavy atom. The quantitative estimate of drug-likeness (QED) is 0.146. The number of ether oxygens (including phenoxy) is 4. The molecule has 1 unspecified atom stereocenters. The molecule has 2 N–H and O–H groups in total. The maximum absolute atomic E-state index is 13.9. The normalized spacial score (nSPS) is 20.7. The van der Waals surface area contributed by atoms with E-state index in [1.807, 2.05) is 6.92 Å². The lowest BCUT2D eigenvalue weighted by molar-refractivity contribution is -0.187. The third-order valence-electron chi connectivity index (χ3n) is 7.02. The minimum Gasteiger partial charge on any atom is -0.464 e. The van der Waals surface area contributed by atoms with E-state index in [-0.39, 0.29) is 35.0 Å². The maximum Gasteiger partial charge on any atom is 0.423 e. The molecule has 1 saturated heterocycles. The minimum atomic E-state index is -5.28. The maximum atomic E-state index is 13.9. The van der Waals surface area contributed by atoms with Gasteiger partial charge in [0, 0.05) is 19.0 Å². The lowest BCUT2D eigenvalue weighted by Crippen LogP contribution is -2.54. The summed E-state index contributed by atoms with van der Waals surface area (Å²) in [7, 11) is 0. The van der Waals surface area contributed by atoms with E-state index in [1.165, 1.54) is 0 Å². The van der Waals surface area contributed by atoms with Gasteiger partial charge >= 0.3 is 29.8 Å². The second kappa shape index (κ2) is 16.7. The first-order valence-corrected chi connectivity index (χ1v) is 14.7. The average molecular weight is 639 g/mol. The van der Waals surface area contributed by atoms with Gasteiger partial charge in [0.15, 0.2) is 18.4 Å². The third kappa shape index (κ3) is 9.38. The standard InChI is InChI=1S/C28H41F3N2O11/c1-4-7-10-11-12-20(34)43-17-33-23(36)18(28(29,30)31)16-32(26(33)39)19-15-27(40,25(38)42-14-9-6-3)22(44-19)21(35)24(37)41-13-8-5-2/h16,19,21-22,35,40H,4-15,17H2,1-3H3/t19-,21?,22-,27+/m1/s1. The number of aliphatic hydroxyl groups excluding tert-OH is 1. The van der Waals surface area contributed by atoms with E-state index in [0.29, 0.717) is 38.5 Å². The summed E-state index contributed by atoms with van der Waals surface area (Å²) in [5.41, 5.74) is -7.89. The van der Waals surface area contributed by atoms with Crippen LogP contribution in [0.2, 0.25) is 0 Å². The van der Waals surface area contributed by atoms with Crippen LogP contribution in [0.4, 0.5) is 13.2 Å². The summed E-state index contributed by atoms with van der Waals surface area (Å²) in [6.07, 6.45) is -7.62. The number of alkyl halides is 3. The number of unbranched alkanes of at least 4 members (excludes halogenated alkanes) is 5. The highest BCUT2D eigenvalue weighted by molar-refractivity contribution is 5.83. The molecule has 1 aromatic rings. The molecule has 2 heterocycles. The Labute approximate surface area is 251 Å². The first-order valence-electron chi connectivity index (χ1n) is 14.7. The molecule has 0 aromatic carbocycles. The van der Waals surface area contributed by atoms with E-state index in [4.69, 9.17) is 18.9 Å². The number of carbonyl (C=O) groups excluding carboxylic acids is 3. The summed E-state index contributed by atoms with van der Waals surface area (Å²) in [5, 5.41) is 22.0. The van der Waals surface area contributed by atoms with Gasteiger partial charge in [0.1, 0.15) is 17.9 Å². The number of esters is 3. The lowest BCUT2D eigenvalue weighted by Gasteiger charge is -2.28. The van der Waals surface area contributed by atoms with E-state index in [2.05, 4.69) is 0 Å². The van der Waals surface area contributed by atoms with Crippen molar-refractivity contribution in [3.05, 3.63) is 32.6 Å². The van der Waals surface area contributed by atoms with Crippen LogP contribution in [0.1, 0.15) is 96.8 Å². The summed E-state index contributed by atoms with van der Waals surface area (Å²) in [6.45, 7) is 4.12. The monoisotopic (exact) mass is 638 g/mol. The highest BCUT2D eigenvalue weighted by atomic mass is 19.4. The summed E-state index contributed by atoms with van der Waals surface area (Å²) in [4.78, 5) is 63.5. The zero-order valence-corrected chi connectivity index (χ0v) is 25.1. The number of halogens is 3. The van der Waals surface area contributed by atoms with Gasteiger partial charge in [-0.15, -0.1) is 0 Å². The van der Waals surface area contributed by atoms with Crippen molar-refractivity contribution in [3.63, 3.8) is 0 Å². The molecular weight excluding hydrogens is 597 g/mol. The molecule has 0 bridgehead atoms. The van der Waals surface area contributed by atoms with Gasteiger partial charge in [0.25, 0.3) is 5.56 Å². The molecule has 0 saturated carbocycles. The van der Waals surface area contributed by atoms with Gasteiger partial charge in [-0.2, -0.15) is 13.2 Å². The van der Waals surface area contributed by atoms with Crippen molar-refractivity contribution in [2.75, 3.05) is 13.2 Å². The van der Waals surface area contributed by atoms with Crippen LogP contribution < -0.4 is 11.2 Å². The fourth-order valence-electron chi connectivity index (χ4n) is 4.41. The SMILES string of the molecule is CCCCCCC(=O)OCn1c(=O)c(C(F)(F)F)cn([C@H]2C[C@@](O)(C(=O)OCCCC)[C@@H](C(O)C(=O)OCCCC)O2)c1=O. The van der Waals surface area contributed by atoms with Crippen molar-refractivity contribution < 1.29 is 56.7 Å². The molecule has 4 atom stereocenters. The zero-order valence-electron chi connectivity index (χ0n) is 25.1. The van der Waals surface area contributed by atoms with Gasteiger partial charge in [-0.25, -0.2) is 19.0 Å². The molecule has 0 amide bonds. The predicted molar refractivity (Wildman–Crippen MR) is 146 cm³/mol. The molecule has 1 aliphatic rings. The number of nitrogens with zero attached hydrogens (tertiary/aromatic N) is 2. The van der Waals surface area contributed by atoms with Crippen molar-refractivity contribution in [1.29, 1.82) is 0 Å². The molecule has 44 heavy (non-hydrogen) atoms. The van der Waals surface area contributed by atoms with Gasteiger partial charge in [0.05, 0.1) is 13.2 Å². The Balaban J connectivity index is 2.49. The molecular formula is C28H41F3N2O11. The first-order chi connectivity index (χ1) is 20.7. The van der Waals surface area contributed by atoms with E-state index in [9.17, 15) is 47.4 Å². The fraction of sp³-hybridized carbons (Fsp3) is 0.750. The fourth-order valence-corrected chi connectivity index (χ4v) is 4.41. The second-order valence-corrected chi connectivity index (χ2v) is 10.5. The van der Waals surface area contributed by atoms with Crippen LogP contribution in [0.5, 0.6) is 0 Å². The van der Waals surface area contributed by atoms with Crippen LogP contribution in [0, 0.1) is 0 Å². The summed E-state index contributed by atoms with van der Waals surface area (Å²) in [5.74, 6) is -3.49. The molecule has 1 fully saturated rings. The number of hydrogen-bond acceptors (Lipinski definition) is 11. The number of hydrogen-bond donors (Lipinski definition) is 2. The van der Waals surface area contributed by atoms with Crippen LogP contribution in [-0.2, 0) is 46.2 Å². The van der Waals surface area contributed by atoms with Crippen LogP contribution >= 0.6 is 0 Å². The Kier molecular flexibility index (Phi) is 14.0. The largest absolute Gasteiger partial charge is 0.464 e. The summed E-state index contributed by atoms with van der Waals surface area (Å²) in [6, 6.07) is 0. The van der Waals surface area contributed by atoms with Gasteiger partial charge in [-0.1, -0.05) is 52.9 Å². The molecule has 0 aliphatic carbocycles. The summed E-state index contributed by atoms with van der Waals surface area (Å²) >= 11 is 0. The summed E-state index contributed by atoms with van der Waals surface area (Å²) < 4.78 is 62.3. The molecule has 13 nitrogen and oxygen atoms in total. The highest BCUT2D eigenvalue weighted by Crippen LogP contribution is 2.40. The van der Waals surface area contributed by atoms with Crippen molar-refractivity contribution in [2.24, 2.45) is 0 Å². The van der Waals surface area contributed by atoms with Gasteiger partial charge < -0.3 is 29.2 Å². The molecule has 0 spiro atoms. The minimum absolute atomic E-state index is 0.0253. The first kappa shape index (κ1) is 36.9. The molecule has 2 rings (SSSR count). The van der Waals surface area contributed by atoms with E-state index in [0.717, 1.165) is 12.8 Å². The van der Waals surface area contributed by atoms with Crippen molar-refractivity contribution in [2.45, 2.75) is 122 Å². The molecule has 0 radical (unpaired) electrons. The Hall–Kier alpha value is -3.24. The van der Waals surface area contributed by atoms with Crippen molar-refractivity contribution in [3.8, 4) is 0 Å². The Morgan fingerprint density at radius 3 is 2.20 bits per heavy atom. The van der Waals surface area contributed by atoms with Crippen molar-refractivity contribution >= 4 is 17.9 Å². The van der Waals surface area contributed by atoms with Crippen LogP contribution in [0.3, 0.4) is 0 Å². The van der Waals surface area contributed by atoms with Gasteiger partial charge in [-0.3, -0.25) is 14.2 Å². The zero-order chi connectivity index (χ0) is 33.1. The second-order valence-electron chi connectivity index (χ2n) is 10.5. The topological polar surface area (TPSA) is 173 Å². The molecule has 1 aliphatic heterocycles. The number of carbonyl (C=O) groups is 3. The average Bonchev–Trinajstić information content (AvgIpc) is 3.32. The van der Waals surface area contributed by atoms with E-state index >= 15 is 0 Å². The van der Waals surface area contributed by atoms with Gasteiger partial charge in [0.2, 0.25) is 0 Å². The van der Waals surface area contributed by atoms with Crippen molar-refractivity contribution in [1.82, 2.24) is 9.13 Å². The lowest BCUT2D eigenvalue weighted by atomic mass is 9.91. The highest BCUT2D eigenvalue weighted by Gasteiger charge is 2.59. The number of aliphatic hydroxyl groups is 2. The molecule has 250 valence electrons. The predicted octanol–water partition coefficient (Wildman–Crippen LogP) is 2.57. The van der Waals surface area contributed by atoms with E-state index < -0.39 is 78.1 Å². The molecule has 16 heteroatoms. The van der Waals surface area contributed by atoms with Crippen LogP contribution in [0.15, 0.2) is 15.8 Å². The Bertz CT molecular complexity index is 1250. The molecule has 1 aromatic heterocycles. The Morgan fingerprint density at radius 2 is 1.61 bits per heavy atom. The van der Waals surface area contributed by atoms with Crippen LogP contribution in [0.25, 0.3) is 0 Å². The third-order valence-corrected chi connectivity index (χ3v) is 7.02. The van der Waals surface area contributed by atoms with Gasteiger partial charge in [-0.05, 0) is 19.3 Å². The van der Waals surface area contributed by atoms with E-state index in [1.54, 1.807) is 13.8 Å². The smallest absolute Gasteiger partial charge is 0.423 e. The number of rotatable bonds is 17. The number of aromatic nitrogens is 2. The van der Waals surface area contributed by atoms with Crippen LogP contribution in [-0.4, -0.2) is 68.3 Å².